The summed E-state index contributed by atoms with van der Waals surface area (Å²) < 4.78 is 0. The van der Waals surface area contributed by atoms with Gasteiger partial charge in [0.25, 0.3) is 0 Å². The van der Waals surface area contributed by atoms with Crippen LogP contribution in [0.1, 0.15) is 16.7 Å². The molecule has 0 amide bonds. The molecule has 0 unspecified atom stereocenters. The summed E-state index contributed by atoms with van der Waals surface area (Å²) in [5.74, 6) is 0.679. The Morgan fingerprint density at radius 1 is 1.10 bits per heavy atom. The molecule has 0 aliphatic heterocycles. The van der Waals surface area contributed by atoms with Gasteiger partial charge in [-0.15, -0.1) is 0 Å². The number of nitrogens with zero attached hydrogens (tertiary/aromatic N) is 1. The van der Waals surface area contributed by atoms with Crippen LogP contribution in [-0.2, 0) is 0 Å². The van der Waals surface area contributed by atoms with Crippen LogP contribution in [0, 0.1) is 13.8 Å². The molecule has 4 heteroatoms. The number of benzene rings is 2. The molecular weight excluding hydrogens is 266 g/mol. The average Bonchev–Trinajstić information content (AvgIpc) is 2.81. The van der Waals surface area contributed by atoms with Gasteiger partial charge >= 0.3 is 0 Å². The number of hydrogen-bond donors (Lipinski definition) is 2. The van der Waals surface area contributed by atoms with Gasteiger partial charge in [-0.1, -0.05) is 42.5 Å². The molecule has 0 radical (unpaired) electrons. The Morgan fingerprint density at radius 3 is 2.55 bits per heavy atom. The minimum atomic E-state index is 0.665. The number of thiocarbonyl (C=S) groups is 1. The molecule has 20 heavy (non-hydrogen) atoms. The van der Waals surface area contributed by atoms with Gasteiger partial charge in [0.1, 0.15) is 4.99 Å². The molecule has 0 atom stereocenters. The van der Waals surface area contributed by atoms with Crippen molar-refractivity contribution in [2.75, 3.05) is 5.32 Å². The van der Waals surface area contributed by atoms with E-state index in [-0.39, 0.29) is 0 Å². The van der Waals surface area contributed by atoms with Crippen molar-refractivity contribution in [2.24, 2.45) is 0 Å². The smallest absolute Gasteiger partial charge is 0.206 e. The lowest BCUT2D eigenvalue weighted by molar-refractivity contribution is 1.33. The van der Waals surface area contributed by atoms with Gasteiger partial charge in [0, 0.05) is 5.56 Å². The van der Waals surface area contributed by atoms with Gasteiger partial charge in [-0.3, -0.25) is 0 Å². The van der Waals surface area contributed by atoms with E-state index in [1.807, 2.05) is 30.3 Å². The third-order valence-electron chi connectivity index (χ3n) is 3.37. The minimum Gasteiger partial charge on any atom is -0.324 e. The summed E-state index contributed by atoms with van der Waals surface area (Å²) in [7, 11) is 0. The first-order chi connectivity index (χ1) is 9.63. The number of H-pyrrole nitrogens is 1. The molecule has 0 aliphatic rings. The Balaban J connectivity index is 1.90. The van der Waals surface area contributed by atoms with Crippen LogP contribution in [0.5, 0.6) is 0 Å². The van der Waals surface area contributed by atoms with Crippen molar-refractivity contribution in [3.05, 3.63) is 59.2 Å². The molecule has 0 fully saturated rings. The van der Waals surface area contributed by atoms with Crippen LogP contribution in [0.3, 0.4) is 0 Å². The van der Waals surface area contributed by atoms with Crippen molar-refractivity contribution in [1.29, 1.82) is 0 Å². The first-order valence-electron chi connectivity index (χ1n) is 6.47. The molecule has 0 saturated heterocycles. The van der Waals surface area contributed by atoms with Crippen LogP contribution >= 0.6 is 12.2 Å². The van der Waals surface area contributed by atoms with Crippen LogP contribution in [0.4, 0.5) is 5.95 Å². The van der Waals surface area contributed by atoms with E-state index in [0.717, 1.165) is 16.6 Å². The van der Waals surface area contributed by atoms with Crippen molar-refractivity contribution >= 4 is 34.2 Å². The fourth-order valence-electron chi connectivity index (χ4n) is 2.10. The van der Waals surface area contributed by atoms with Crippen molar-refractivity contribution in [2.45, 2.75) is 13.8 Å². The van der Waals surface area contributed by atoms with Gasteiger partial charge in [-0.05, 0) is 37.1 Å². The number of aromatic amines is 1. The van der Waals surface area contributed by atoms with Crippen LogP contribution in [0.2, 0.25) is 0 Å². The number of aromatic nitrogens is 2. The highest BCUT2D eigenvalue weighted by atomic mass is 32.1. The number of fused-ring (bicyclic) bond motifs is 1. The summed E-state index contributed by atoms with van der Waals surface area (Å²) in [6, 6.07) is 14.0. The lowest BCUT2D eigenvalue weighted by atomic mass is 10.1. The molecule has 3 aromatic rings. The topological polar surface area (TPSA) is 40.7 Å². The molecule has 2 aromatic carbocycles. The summed E-state index contributed by atoms with van der Waals surface area (Å²) in [5.41, 5.74) is 5.44. The van der Waals surface area contributed by atoms with Crippen molar-refractivity contribution in [1.82, 2.24) is 9.97 Å². The highest BCUT2D eigenvalue weighted by Crippen LogP contribution is 2.19. The van der Waals surface area contributed by atoms with E-state index in [2.05, 4.69) is 41.3 Å². The molecule has 0 saturated carbocycles. The molecule has 1 aromatic heterocycles. The SMILES string of the molecule is Cc1cc2nc(NC(=S)c3ccccc3)[nH]c2cc1C. The largest absolute Gasteiger partial charge is 0.324 e. The molecule has 0 aliphatic carbocycles. The van der Waals surface area contributed by atoms with E-state index in [1.54, 1.807) is 0 Å². The van der Waals surface area contributed by atoms with Crippen LogP contribution < -0.4 is 5.32 Å². The normalized spacial score (nSPS) is 10.7. The van der Waals surface area contributed by atoms with Gasteiger partial charge in [0.2, 0.25) is 5.95 Å². The highest BCUT2D eigenvalue weighted by molar-refractivity contribution is 7.81. The summed E-state index contributed by atoms with van der Waals surface area (Å²) in [4.78, 5) is 8.45. The van der Waals surface area contributed by atoms with Gasteiger partial charge in [-0.25, -0.2) is 4.98 Å². The van der Waals surface area contributed by atoms with Crippen molar-refractivity contribution < 1.29 is 0 Å². The fourth-order valence-corrected chi connectivity index (χ4v) is 2.33. The van der Waals surface area contributed by atoms with E-state index in [9.17, 15) is 0 Å². The Hall–Kier alpha value is -2.20. The van der Waals surface area contributed by atoms with Crippen LogP contribution in [0.15, 0.2) is 42.5 Å². The Labute approximate surface area is 123 Å². The van der Waals surface area contributed by atoms with Crippen LogP contribution in [-0.4, -0.2) is 15.0 Å². The minimum absolute atomic E-state index is 0.665. The Kier molecular flexibility index (Phi) is 3.24. The monoisotopic (exact) mass is 281 g/mol. The Morgan fingerprint density at radius 2 is 1.80 bits per heavy atom. The standard InChI is InChI=1S/C16H15N3S/c1-10-8-13-14(9-11(10)2)18-16(17-13)19-15(20)12-6-4-3-5-7-12/h3-9H,1-2H3,(H2,17,18,19,20). The maximum atomic E-state index is 5.39. The Bertz CT molecular complexity index is 736. The van der Waals surface area contributed by atoms with Crippen LogP contribution in [0.25, 0.3) is 11.0 Å². The zero-order valence-electron chi connectivity index (χ0n) is 11.4. The molecule has 100 valence electrons. The second-order valence-corrected chi connectivity index (χ2v) is 5.27. The molecule has 1 heterocycles. The summed E-state index contributed by atoms with van der Waals surface area (Å²) in [5, 5.41) is 3.15. The third-order valence-corrected chi connectivity index (χ3v) is 3.70. The number of nitrogens with one attached hydrogen (secondary N) is 2. The molecule has 2 N–H and O–H groups in total. The second-order valence-electron chi connectivity index (χ2n) is 4.86. The first-order valence-corrected chi connectivity index (χ1v) is 6.87. The van der Waals surface area contributed by atoms with E-state index < -0.39 is 0 Å². The lowest BCUT2D eigenvalue weighted by Crippen LogP contribution is -2.11. The maximum absolute atomic E-state index is 5.39. The van der Waals surface area contributed by atoms with E-state index in [1.165, 1.54) is 11.1 Å². The summed E-state index contributed by atoms with van der Waals surface area (Å²) in [6.45, 7) is 4.18. The molecular formula is C16H15N3S. The van der Waals surface area contributed by atoms with Gasteiger partial charge in [-0.2, -0.15) is 0 Å². The number of hydrogen-bond acceptors (Lipinski definition) is 2. The van der Waals surface area contributed by atoms with Crippen molar-refractivity contribution in [3.8, 4) is 0 Å². The zero-order valence-corrected chi connectivity index (χ0v) is 12.2. The quantitative estimate of drug-likeness (QED) is 0.698. The van der Waals surface area contributed by atoms with E-state index >= 15 is 0 Å². The third kappa shape index (κ3) is 2.42. The van der Waals surface area contributed by atoms with E-state index in [4.69, 9.17) is 12.2 Å². The number of rotatable bonds is 2. The highest BCUT2D eigenvalue weighted by Gasteiger charge is 2.07. The van der Waals surface area contributed by atoms with Gasteiger partial charge in [0.05, 0.1) is 11.0 Å². The molecule has 3 nitrogen and oxygen atoms in total. The average molecular weight is 281 g/mol. The maximum Gasteiger partial charge on any atom is 0.206 e. The van der Waals surface area contributed by atoms with Crippen molar-refractivity contribution in [3.63, 3.8) is 0 Å². The summed E-state index contributed by atoms with van der Waals surface area (Å²) >= 11 is 5.39. The number of aryl methyl sites for hydroxylation is 2. The van der Waals surface area contributed by atoms with E-state index in [0.29, 0.717) is 10.9 Å². The molecule has 0 spiro atoms. The lowest BCUT2D eigenvalue weighted by Gasteiger charge is -2.04. The molecule has 0 bridgehead atoms. The fraction of sp³-hybridized carbons (Fsp3) is 0.125. The molecule has 3 rings (SSSR count). The second kappa shape index (κ2) is 5.06. The summed E-state index contributed by atoms with van der Waals surface area (Å²) in [6.07, 6.45) is 0. The predicted octanol–water partition coefficient (Wildman–Crippen LogP) is 3.97. The van der Waals surface area contributed by atoms with Gasteiger partial charge < -0.3 is 10.3 Å². The van der Waals surface area contributed by atoms with Gasteiger partial charge in [0.15, 0.2) is 0 Å². The number of anilines is 1. The zero-order chi connectivity index (χ0) is 14.1. The number of imidazole rings is 1. The predicted molar refractivity (Wildman–Crippen MR) is 87.3 cm³/mol. The first kappa shape index (κ1) is 12.8.